The molecule has 2 aromatic carbocycles. The third-order valence-corrected chi connectivity index (χ3v) is 5.37. The molecule has 0 aliphatic heterocycles. The van der Waals surface area contributed by atoms with Crippen molar-refractivity contribution in [3.8, 4) is 0 Å². The zero-order valence-electron chi connectivity index (χ0n) is 15.5. The van der Waals surface area contributed by atoms with Crippen LogP contribution < -0.4 is 10.0 Å². The van der Waals surface area contributed by atoms with Crippen LogP contribution >= 0.6 is 0 Å². The van der Waals surface area contributed by atoms with E-state index in [1.54, 1.807) is 33.8 Å². The fourth-order valence-corrected chi connectivity index (χ4v) is 3.75. The number of rotatable bonds is 5. The van der Waals surface area contributed by atoms with Crippen molar-refractivity contribution in [2.24, 2.45) is 0 Å². The number of amides is 1. The molecule has 0 aliphatic rings. The summed E-state index contributed by atoms with van der Waals surface area (Å²) in [5.74, 6) is -1.56. The molecule has 0 saturated heterocycles. The summed E-state index contributed by atoms with van der Waals surface area (Å²) < 4.78 is 27.1. The number of hydrogen-bond acceptors (Lipinski definition) is 4. The van der Waals surface area contributed by atoms with E-state index in [-0.39, 0.29) is 16.0 Å². The molecule has 2 rings (SSSR count). The zero-order valence-corrected chi connectivity index (χ0v) is 16.3. The number of carboxylic acids is 1. The lowest BCUT2D eigenvalue weighted by molar-refractivity contribution is 0.0696. The van der Waals surface area contributed by atoms with Crippen molar-refractivity contribution < 1.29 is 23.1 Å². The Morgan fingerprint density at radius 1 is 0.963 bits per heavy atom. The van der Waals surface area contributed by atoms with E-state index in [4.69, 9.17) is 5.11 Å². The molecule has 3 N–H and O–H groups in total. The number of anilines is 1. The number of carbonyl (C=O) groups excluding carboxylic acids is 1. The number of nitrogens with one attached hydrogen (secondary N) is 2. The SMILES string of the molecule is Cc1ccc(C(=O)O)cc1NC(=O)c1ccc(S(=O)(=O)NC(C)(C)C)cc1. The maximum atomic E-state index is 12.4. The second-order valence-electron chi connectivity index (χ2n) is 7.17. The van der Waals surface area contributed by atoms with Crippen LogP contribution in [0.15, 0.2) is 47.4 Å². The third kappa shape index (κ3) is 5.38. The maximum Gasteiger partial charge on any atom is 0.335 e. The molecule has 0 unspecified atom stereocenters. The molecule has 0 radical (unpaired) electrons. The van der Waals surface area contributed by atoms with Gasteiger partial charge in [0.1, 0.15) is 0 Å². The van der Waals surface area contributed by atoms with Gasteiger partial charge in [-0.15, -0.1) is 0 Å². The highest BCUT2D eigenvalue weighted by atomic mass is 32.2. The average Bonchev–Trinajstić information content (AvgIpc) is 2.54. The van der Waals surface area contributed by atoms with Gasteiger partial charge in [-0.1, -0.05) is 6.07 Å². The van der Waals surface area contributed by atoms with Gasteiger partial charge in [0.25, 0.3) is 5.91 Å². The van der Waals surface area contributed by atoms with Gasteiger partial charge in [0, 0.05) is 16.8 Å². The number of carbonyl (C=O) groups is 2. The molecule has 0 atom stereocenters. The van der Waals surface area contributed by atoms with Gasteiger partial charge in [0.15, 0.2) is 0 Å². The first-order valence-corrected chi connectivity index (χ1v) is 9.67. The van der Waals surface area contributed by atoms with Crippen molar-refractivity contribution in [2.75, 3.05) is 5.32 Å². The fourth-order valence-electron chi connectivity index (χ4n) is 2.33. The molecule has 144 valence electrons. The second kappa shape index (κ2) is 7.50. The van der Waals surface area contributed by atoms with E-state index in [0.717, 1.165) is 0 Å². The van der Waals surface area contributed by atoms with Gasteiger partial charge in [-0.3, -0.25) is 4.79 Å². The molecule has 0 fully saturated rings. The van der Waals surface area contributed by atoms with Gasteiger partial charge in [0.2, 0.25) is 10.0 Å². The number of aromatic carboxylic acids is 1. The Hall–Kier alpha value is -2.71. The summed E-state index contributed by atoms with van der Waals surface area (Å²) >= 11 is 0. The van der Waals surface area contributed by atoms with E-state index in [2.05, 4.69) is 10.0 Å². The Labute approximate surface area is 158 Å². The maximum absolute atomic E-state index is 12.4. The first-order valence-electron chi connectivity index (χ1n) is 8.18. The highest BCUT2D eigenvalue weighted by Crippen LogP contribution is 2.19. The van der Waals surface area contributed by atoms with Crippen LogP contribution in [-0.2, 0) is 10.0 Å². The van der Waals surface area contributed by atoms with Crippen LogP contribution in [0.2, 0.25) is 0 Å². The molecule has 8 heteroatoms. The lowest BCUT2D eigenvalue weighted by Crippen LogP contribution is -2.40. The van der Waals surface area contributed by atoms with Crippen molar-refractivity contribution in [3.05, 3.63) is 59.2 Å². The van der Waals surface area contributed by atoms with Crippen molar-refractivity contribution in [1.82, 2.24) is 4.72 Å². The van der Waals surface area contributed by atoms with E-state index < -0.39 is 27.4 Å². The number of aryl methyl sites for hydroxylation is 1. The zero-order chi connectivity index (χ0) is 20.4. The monoisotopic (exact) mass is 390 g/mol. The summed E-state index contributed by atoms with van der Waals surface area (Å²) in [6, 6.07) is 9.95. The Balaban J connectivity index is 2.22. The van der Waals surface area contributed by atoms with E-state index in [9.17, 15) is 18.0 Å². The molecular formula is C19H22N2O5S. The van der Waals surface area contributed by atoms with Gasteiger partial charge in [-0.2, -0.15) is 0 Å². The van der Waals surface area contributed by atoms with E-state index in [0.29, 0.717) is 11.3 Å². The highest BCUT2D eigenvalue weighted by molar-refractivity contribution is 7.89. The smallest absolute Gasteiger partial charge is 0.335 e. The Kier molecular flexibility index (Phi) is 5.72. The topological polar surface area (TPSA) is 113 Å². The van der Waals surface area contributed by atoms with Gasteiger partial charge >= 0.3 is 5.97 Å². The van der Waals surface area contributed by atoms with E-state index >= 15 is 0 Å². The quantitative estimate of drug-likeness (QED) is 0.726. The van der Waals surface area contributed by atoms with Crippen molar-refractivity contribution in [1.29, 1.82) is 0 Å². The van der Waals surface area contributed by atoms with Crippen LogP contribution in [0.1, 0.15) is 47.1 Å². The van der Waals surface area contributed by atoms with E-state index in [1.165, 1.54) is 36.4 Å². The Morgan fingerprint density at radius 2 is 1.52 bits per heavy atom. The van der Waals surface area contributed by atoms with Gasteiger partial charge in [-0.25, -0.2) is 17.9 Å². The number of carboxylic acid groups (broad SMARTS) is 1. The molecule has 0 aliphatic carbocycles. The molecular weight excluding hydrogens is 368 g/mol. The normalized spacial score (nSPS) is 11.9. The minimum atomic E-state index is -3.69. The summed E-state index contributed by atoms with van der Waals surface area (Å²) in [6.07, 6.45) is 0. The fraction of sp³-hybridized carbons (Fsp3) is 0.263. The summed E-state index contributed by atoms with van der Waals surface area (Å²) in [4.78, 5) is 23.5. The Morgan fingerprint density at radius 3 is 2.04 bits per heavy atom. The molecule has 0 aromatic heterocycles. The summed E-state index contributed by atoms with van der Waals surface area (Å²) in [5, 5.41) is 11.7. The third-order valence-electron chi connectivity index (χ3n) is 3.60. The molecule has 0 bridgehead atoms. The molecule has 7 nitrogen and oxygen atoms in total. The summed E-state index contributed by atoms with van der Waals surface area (Å²) in [5.41, 5.74) is 0.782. The standard InChI is InChI=1S/C19H22N2O5S/c1-12-5-6-14(18(23)24)11-16(12)20-17(22)13-7-9-15(10-8-13)27(25,26)21-19(2,3)4/h5-11,21H,1-4H3,(H,20,22)(H,23,24). The summed E-state index contributed by atoms with van der Waals surface area (Å²) in [7, 11) is -3.69. The minimum absolute atomic E-state index is 0.0537. The largest absolute Gasteiger partial charge is 0.478 e. The van der Waals surface area contributed by atoms with Gasteiger partial charge < -0.3 is 10.4 Å². The van der Waals surface area contributed by atoms with Crippen LogP contribution in [0.4, 0.5) is 5.69 Å². The molecule has 27 heavy (non-hydrogen) atoms. The van der Waals surface area contributed by atoms with Crippen LogP contribution in [-0.4, -0.2) is 30.9 Å². The van der Waals surface area contributed by atoms with Crippen LogP contribution in [0.3, 0.4) is 0 Å². The Bertz CT molecular complexity index is 974. The van der Waals surface area contributed by atoms with Gasteiger partial charge in [0.05, 0.1) is 10.5 Å². The first-order chi connectivity index (χ1) is 12.4. The molecule has 1 amide bonds. The number of hydrogen-bond donors (Lipinski definition) is 3. The van der Waals surface area contributed by atoms with Crippen molar-refractivity contribution in [2.45, 2.75) is 38.1 Å². The lowest BCUT2D eigenvalue weighted by Gasteiger charge is -2.20. The molecule has 0 heterocycles. The average molecular weight is 390 g/mol. The second-order valence-corrected chi connectivity index (χ2v) is 8.85. The molecule has 0 spiro atoms. The number of benzene rings is 2. The van der Waals surface area contributed by atoms with Crippen LogP contribution in [0.25, 0.3) is 0 Å². The minimum Gasteiger partial charge on any atom is -0.478 e. The van der Waals surface area contributed by atoms with Crippen molar-refractivity contribution >= 4 is 27.6 Å². The van der Waals surface area contributed by atoms with Crippen LogP contribution in [0, 0.1) is 6.92 Å². The van der Waals surface area contributed by atoms with E-state index in [1.807, 2.05) is 0 Å². The van der Waals surface area contributed by atoms with Crippen molar-refractivity contribution in [3.63, 3.8) is 0 Å². The lowest BCUT2D eigenvalue weighted by atomic mass is 10.1. The highest BCUT2D eigenvalue weighted by Gasteiger charge is 2.22. The molecule has 0 saturated carbocycles. The molecule has 2 aromatic rings. The number of sulfonamides is 1. The predicted octanol–water partition coefficient (Wildman–Crippen LogP) is 3.02. The van der Waals surface area contributed by atoms with Gasteiger partial charge in [-0.05, 0) is 69.7 Å². The predicted molar refractivity (Wildman–Crippen MR) is 103 cm³/mol. The first kappa shape index (κ1) is 20.6. The summed E-state index contributed by atoms with van der Waals surface area (Å²) in [6.45, 7) is 6.95. The van der Waals surface area contributed by atoms with Crippen LogP contribution in [0.5, 0.6) is 0 Å².